The number of hydrogen-bond acceptors (Lipinski definition) is 3. The van der Waals surface area contributed by atoms with Crippen LogP contribution in [-0.2, 0) is 14.3 Å². The van der Waals surface area contributed by atoms with Gasteiger partial charge < -0.3 is 15.2 Å². The molecule has 0 spiro atoms. The van der Waals surface area contributed by atoms with Crippen molar-refractivity contribution in [3.05, 3.63) is 0 Å². The molecule has 5 nitrogen and oxygen atoms in total. The van der Waals surface area contributed by atoms with Gasteiger partial charge in [0.15, 0.2) is 0 Å². The lowest BCUT2D eigenvalue weighted by Gasteiger charge is -2.03. The van der Waals surface area contributed by atoms with Crippen LogP contribution in [0.3, 0.4) is 0 Å². The van der Waals surface area contributed by atoms with E-state index in [4.69, 9.17) is 5.11 Å². The topological polar surface area (TPSA) is 75.6 Å². The van der Waals surface area contributed by atoms with E-state index in [0.717, 1.165) is 0 Å². The van der Waals surface area contributed by atoms with Gasteiger partial charge in [-0.2, -0.15) is 0 Å². The zero-order valence-corrected chi connectivity index (χ0v) is 6.63. The maximum Gasteiger partial charge on any atom is 0.329 e. The van der Waals surface area contributed by atoms with Crippen LogP contribution in [0.15, 0.2) is 0 Å². The summed E-state index contributed by atoms with van der Waals surface area (Å²) in [5, 5.41) is 9.92. The van der Waals surface area contributed by atoms with Gasteiger partial charge >= 0.3 is 5.97 Å². The summed E-state index contributed by atoms with van der Waals surface area (Å²) in [6.07, 6.45) is -2.62. The maximum absolute atomic E-state index is 11.5. The first-order valence-electron chi connectivity index (χ1n) is 3.36. The number of ether oxygens (including phenoxy) is 1. The highest BCUT2D eigenvalue weighted by Crippen LogP contribution is 1.87. The lowest BCUT2D eigenvalue weighted by molar-refractivity contribution is -0.143. The average Bonchev–Trinajstić information content (AvgIpc) is 2.00. The molecule has 2 N–H and O–H groups in total. The molecule has 0 unspecified atom stereocenters. The molecule has 13 heavy (non-hydrogen) atoms. The highest BCUT2D eigenvalue weighted by Gasteiger charge is 2.06. The molecule has 0 aliphatic heterocycles. The first kappa shape index (κ1) is 11.8. The number of carboxylic acid groups (broad SMARTS) is 1. The Balaban J connectivity index is 3.35. The van der Waals surface area contributed by atoms with Gasteiger partial charge in [-0.25, -0.2) is 13.6 Å². The number of carboxylic acids is 1. The molecule has 7 heteroatoms. The summed E-state index contributed by atoms with van der Waals surface area (Å²) < 4.78 is 27.3. The predicted molar refractivity (Wildman–Crippen MR) is 37.5 cm³/mol. The van der Waals surface area contributed by atoms with Gasteiger partial charge in [-0.15, -0.1) is 0 Å². The molecule has 0 aromatic carbocycles. The monoisotopic (exact) mass is 197 g/mol. The summed E-state index contributed by atoms with van der Waals surface area (Å²) >= 11 is 0. The summed E-state index contributed by atoms with van der Waals surface area (Å²) in [6.45, 7) is -1.91. The highest BCUT2D eigenvalue weighted by atomic mass is 19.3. The number of carbonyl (C=O) groups is 2. The van der Waals surface area contributed by atoms with Crippen molar-refractivity contribution in [1.29, 1.82) is 0 Å². The molecule has 0 heterocycles. The summed E-state index contributed by atoms with van der Waals surface area (Å²) in [5.41, 5.74) is 0. The van der Waals surface area contributed by atoms with E-state index in [1.807, 2.05) is 5.32 Å². The molecule has 0 aromatic heterocycles. The van der Waals surface area contributed by atoms with E-state index in [1.165, 1.54) is 0 Å². The van der Waals surface area contributed by atoms with Gasteiger partial charge in [0.05, 0.1) is 6.54 Å². The second kappa shape index (κ2) is 6.30. The van der Waals surface area contributed by atoms with Gasteiger partial charge in [0.25, 0.3) is 6.43 Å². The zero-order valence-electron chi connectivity index (χ0n) is 6.63. The molecule has 76 valence electrons. The highest BCUT2D eigenvalue weighted by molar-refractivity contribution is 5.77. The molecule has 0 atom stereocenters. The van der Waals surface area contributed by atoms with Gasteiger partial charge in [-0.3, -0.25) is 4.79 Å². The van der Waals surface area contributed by atoms with Crippen LogP contribution in [0.5, 0.6) is 0 Å². The maximum atomic E-state index is 11.5. The molecule has 0 rings (SSSR count). The number of nitrogens with one attached hydrogen (secondary N) is 1. The summed E-state index contributed by atoms with van der Waals surface area (Å²) in [5.74, 6) is -1.98. The van der Waals surface area contributed by atoms with Crippen LogP contribution < -0.4 is 5.32 Å². The van der Waals surface area contributed by atoms with E-state index in [-0.39, 0.29) is 0 Å². The second-order valence-electron chi connectivity index (χ2n) is 2.08. The SMILES string of the molecule is O=C(O)COCC(=O)NCC(F)F. The van der Waals surface area contributed by atoms with Crippen LogP contribution >= 0.6 is 0 Å². The Labute approximate surface area is 72.7 Å². The second-order valence-corrected chi connectivity index (χ2v) is 2.08. The summed E-state index contributed by atoms with van der Waals surface area (Å²) in [4.78, 5) is 20.4. The van der Waals surface area contributed by atoms with Crippen molar-refractivity contribution in [1.82, 2.24) is 5.32 Å². The fourth-order valence-corrected chi connectivity index (χ4v) is 0.473. The molecule has 0 saturated heterocycles. The van der Waals surface area contributed by atoms with Crippen molar-refractivity contribution in [2.45, 2.75) is 6.43 Å². The predicted octanol–water partition coefficient (Wildman–Crippen LogP) is -0.531. The molecule has 1 amide bonds. The van der Waals surface area contributed by atoms with E-state index >= 15 is 0 Å². The van der Waals surface area contributed by atoms with E-state index in [1.54, 1.807) is 0 Å². The van der Waals surface area contributed by atoms with Crippen molar-refractivity contribution in [2.75, 3.05) is 19.8 Å². The van der Waals surface area contributed by atoms with Gasteiger partial charge in [-0.05, 0) is 0 Å². The molecule has 0 fully saturated rings. The normalized spacial score (nSPS) is 10.1. The lowest BCUT2D eigenvalue weighted by atomic mass is 10.6. The number of hydrogen-bond donors (Lipinski definition) is 2. The summed E-state index contributed by atoms with van der Waals surface area (Å²) in [6, 6.07) is 0. The molecule has 0 aromatic rings. The van der Waals surface area contributed by atoms with E-state index in [0.29, 0.717) is 0 Å². The third kappa shape index (κ3) is 8.67. The quantitative estimate of drug-likeness (QED) is 0.600. The standard InChI is InChI=1S/C6H9F2NO4/c7-4(8)1-9-5(10)2-13-3-6(11)12/h4H,1-3H2,(H,9,10)(H,11,12). The van der Waals surface area contributed by atoms with Gasteiger partial charge in [0, 0.05) is 0 Å². The molecule has 0 radical (unpaired) electrons. The minimum Gasteiger partial charge on any atom is -0.480 e. The van der Waals surface area contributed by atoms with Crippen molar-refractivity contribution in [3.8, 4) is 0 Å². The average molecular weight is 197 g/mol. The largest absolute Gasteiger partial charge is 0.480 e. The Morgan fingerprint density at radius 1 is 1.38 bits per heavy atom. The van der Waals surface area contributed by atoms with Crippen molar-refractivity contribution >= 4 is 11.9 Å². The van der Waals surface area contributed by atoms with E-state index in [9.17, 15) is 18.4 Å². The molecule has 0 bridgehead atoms. The van der Waals surface area contributed by atoms with Crippen LogP contribution in [0.4, 0.5) is 8.78 Å². The number of halogens is 2. The Morgan fingerprint density at radius 3 is 2.46 bits per heavy atom. The van der Waals surface area contributed by atoms with Crippen molar-refractivity contribution in [3.63, 3.8) is 0 Å². The zero-order chi connectivity index (χ0) is 10.3. The fourth-order valence-electron chi connectivity index (χ4n) is 0.473. The molecule has 0 aliphatic carbocycles. The van der Waals surface area contributed by atoms with Gasteiger partial charge in [0.1, 0.15) is 13.2 Å². The van der Waals surface area contributed by atoms with Crippen LogP contribution in [0.2, 0.25) is 0 Å². The third-order valence-corrected chi connectivity index (χ3v) is 0.912. The Hall–Kier alpha value is -1.24. The number of aliphatic carboxylic acids is 1. The van der Waals surface area contributed by atoms with E-state index in [2.05, 4.69) is 4.74 Å². The van der Waals surface area contributed by atoms with Crippen LogP contribution in [-0.4, -0.2) is 43.2 Å². The molecule has 0 aliphatic rings. The molecular formula is C6H9F2NO4. The molecular weight excluding hydrogens is 188 g/mol. The van der Waals surface area contributed by atoms with Crippen LogP contribution in [0.1, 0.15) is 0 Å². The minimum atomic E-state index is -2.62. The Bertz CT molecular complexity index is 185. The number of rotatable bonds is 6. The van der Waals surface area contributed by atoms with Crippen LogP contribution in [0.25, 0.3) is 0 Å². The van der Waals surface area contributed by atoms with Gasteiger partial charge in [-0.1, -0.05) is 0 Å². The summed E-state index contributed by atoms with van der Waals surface area (Å²) in [7, 11) is 0. The van der Waals surface area contributed by atoms with Gasteiger partial charge in [0.2, 0.25) is 5.91 Å². The molecule has 0 saturated carbocycles. The van der Waals surface area contributed by atoms with Crippen LogP contribution in [0, 0.1) is 0 Å². The Kier molecular flexibility index (Phi) is 5.69. The first-order chi connectivity index (χ1) is 6.02. The van der Waals surface area contributed by atoms with Crippen molar-refractivity contribution < 1.29 is 28.2 Å². The third-order valence-electron chi connectivity index (χ3n) is 0.912. The number of alkyl halides is 2. The first-order valence-corrected chi connectivity index (χ1v) is 3.36. The van der Waals surface area contributed by atoms with E-state index < -0.39 is 38.1 Å². The smallest absolute Gasteiger partial charge is 0.329 e. The van der Waals surface area contributed by atoms with Crippen molar-refractivity contribution in [2.24, 2.45) is 0 Å². The Morgan fingerprint density at radius 2 is 2.00 bits per heavy atom. The lowest BCUT2D eigenvalue weighted by Crippen LogP contribution is -2.32. The minimum absolute atomic E-state index is 0.529. The number of amides is 1. The number of carbonyl (C=O) groups excluding carboxylic acids is 1. The fraction of sp³-hybridized carbons (Fsp3) is 0.667.